The zero-order valence-corrected chi connectivity index (χ0v) is 12.8. The Balaban J connectivity index is 1.52. The van der Waals surface area contributed by atoms with Crippen LogP contribution in [0.5, 0.6) is 0 Å². The van der Waals surface area contributed by atoms with E-state index in [1.54, 1.807) is 4.90 Å². The first-order chi connectivity index (χ1) is 10.1. The molecule has 1 N–H and O–H groups in total. The van der Waals surface area contributed by atoms with E-state index in [0.29, 0.717) is 31.1 Å². The molecule has 1 saturated carbocycles. The average Bonchev–Trinajstić information content (AvgIpc) is 2.99. The van der Waals surface area contributed by atoms with Gasteiger partial charge in [0.05, 0.1) is 6.54 Å². The molecule has 116 valence electrons. The van der Waals surface area contributed by atoms with Crippen LogP contribution in [0.25, 0.3) is 0 Å². The van der Waals surface area contributed by atoms with Crippen LogP contribution < -0.4 is 5.32 Å². The Labute approximate surface area is 126 Å². The molecular weight excluding hydrogens is 266 g/mol. The lowest BCUT2D eigenvalue weighted by atomic mass is 9.66. The van der Waals surface area contributed by atoms with Gasteiger partial charge in [-0.15, -0.1) is 0 Å². The fourth-order valence-corrected chi connectivity index (χ4v) is 5.23. The Kier molecular flexibility index (Phi) is 3.03. The predicted molar refractivity (Wildman–Crippen MR) is 78.6 cm³/mol. The van der Waals surface area contributed by atoms with Gasteiger partial charge in [0.2, 0.25) is 11.8 Å². The predicted octanol–water partition coefficient (Wildman–Crippen LogP) is 0.740. The minimum atomic E-state index is 0.147. The summed E-state index contributed by atoms with van der Waals surface area (Å²) in [6.07, 6.45) is 6.29. The molecule has 0 aromatic carbocycles. The van der Waals surface area contributed by atoms with E-state index < -0.39 is 0 Å². The normalized spacial score (nSPS) is 41.8. The van der Waals surface area contributed by atoms with Crippen molar-refractivity contribution in [2.24, 2.45) is 5.41 Å². The summed E-state index contributed by atoms with van der Waals surface area (Å²) in [4.78, 5) is 28.4. The number of nitrogens with one attached hydrogen (secondary N) is 1. The molecule has 2 bridgehead atoms. The Bertz CT molecular complexity index is 480. The minimum Gasteiger partial charge on any atom is -0.336 e. The molecule has 21 heavy (non-hydrogen) atoms. The molecule has 0 unspecified atom stereocenters. The standard InChI is InChI=1S/C16H25N3O2/c1-16-8-11-9-19(13(16)5-2-4-12(16)17-11)15(21)10-18-7-3-6-14(18)20/h11-13,17H,2-10H2,1H3/t11-,12-,13+,16-/m0/s1. The van der Waals surface area contributed by atoms with E-state index in [1.165, 1.54) is 19.3 Å². The molecule has 0 radical (unpaired) electrons. The van der Waals surface area contributed by atoms with E-state index in [4.69, 9.17) is 0 Å². The van der Waals surface area contributed by atoms with Crippen LogP contribution >= 0.6 is 0 Å². The Morgan fingerprint density at radius 2 is 2.24 bits per heavy atom. The number of rotatable bonds is 2. The maximum absolute atomic E-state index is 12.8. The van der Waals surface area contributed by atoms with Gasteiger partial charge in [0.25, 0.3) is 0 Å². The van der Waals surface area contributed by atoms with Crippen molar-refractivity contribution in [3.05, 3.63) is 0 Å². The van der Waals surface area contributed by atoms with Crippen LogP contribution in [-0.2, 0) is 9.59 Å². The van der Waals surface area contributed by atoms with Gasteiger partial charge in [0, 0.05) is 43.1 Å². The molecule has 0 aromatic heterocycles. The Hall–Kier alpha value is -1.10. The summed E-state index contributed by atoms with van der Waals surface area (Å²) < 4.78 is 0. The molecule has 4 fully saturated rings. The molecule has 1 aliphatic carbocycles. The third-order valence-corrected chi connectivity index (χ3v) is 6.26. The first-order valence-electron chi connectivity index (χ1n) is 8.41. The van der Waals surface area contributed by atoms with Crippen molar-refractivity contribution in [1.29, 1.82) is 0 Å². The van der Waals surface area contributed by atoms with Crippen LogP contribution in [0.1, 0.15) is 45.4 Å². The van der Waals surface area contributed by atoms with Crippen LogP contribution in [-0.4, -0.2) is 59.4 Å². The zero-order valence-electron chi connectivity index (χ0n) is 12.8. The first kappa shape index (κ1) is 13.6. The molecule has 2 amide bonds. The van der Waals surface area contributed by atoms with Gasteiger partial charge < -0.3 is 15.1 Å². The molecule has 4 rings (SSSR count). The van der Waals surface area contributed by atoms with Crippen molar-refractivity contribution in [1.82, 2.24) is 15.1 Å². The number of fused-ring (bicyclic) bond motifs is 1. The Morgan fingerprint density at radius 1 is 1.38 bits per heavy atom. The van der Waals surface area contributed by atoms with Crippen LogP contribution in [0.2, 0.25) is 0 Å². The molecule has 5 heteroatoms. The maximum Gasteiger partial charge on any atom is 0.242 e. The van der Waals surface area contributed by atoms with Gasteiger partial charge in [-0.05, 0) is 32.1 Å². The lowest BCUT2D eigenvalue weighted by Gasteiger charge is -2.50. The number of likely N-dealkylation sites (tertiary alicyclic amines) is 2. The second kappa shape index (κ2) is 4.70. The quantitative estimate of drug-likeness (QED) is 0.816. The van der Waals surface area contributed by atoms with Crippen molar-refractivity contribution in [3.8, 4) is 0 Å². The van der Waals surface area contributed by atoms with E-state index in [0.717, 1.165) is 25.9 Å². The summed E-state index contributed by atoms with van der Waals surface area (Å²) in [7, 11) is 0. The summed E-state index contributed by atoms with van der Waals surface area (Å²) in [6.45, 7) is 4.24. The van der Waals surface area contributed by atoms with E-state index in [9.17, 15) is 9.59 Å². The number of hydrogen-bond acceptors (Lipinski definition) is 3. The number of carbonyl (C=O) groups is 2. The summed E-state index contributed by atoms with van der Waals surface area (Å²) in [6, 6.07) is 1.40. The molecular formula is C16H25N3O2. The van der Waals surface area contributed by atoms with E-state index in [-0.39, 0.29) is 17.2 Å². The molecule has 5 nitrogen and oxygen atoms in total. The molecule has 4 aliphatic rings. The highest BCUT2D eigenvalue weighted by atomic mass is 16.2. The second-order valence-corrected chi connectivity index (χ2v) is 7.54. The minimum absolute atomic E-state index is 0.147. The van der Waals surface area contributed by atoms with Gasteiger partial charge in [-0.3, -0.25) is 9.59 Å². The fraction of sp³-hybridized carbons (Fsp3) is 0.875. The molecule has 0 spiro atoms. The van der Waals surface area contributed by atoms with Gasteiger partial charge >= 0.3 is 0 Å². The molecule has 0 aromatic rings. The van der Waals surface area contributed by atoms with Crippen LogP contribution in [0.15, 0.2) is 0 Å². The summed E-state index contributed by atoms with van der Waals surface area (Å²) in [5.41, 5.74) is 0.242. The second-order valence-electron chi connectivity index (χ2n) is 7.54. The monoisotopic (exact) mass is 291 g/mol. The number of nitrogens with zero attached hydrogens (tertiary/aromatic N) is 2. The number of hydrogen-bond donors (Lipinski definition) is 1. The van der Waals surface area contributed by atoms with Crippen molar-refractivity contribution in [2.75, 3.05) is 19.6 Å². The third-order valence-electron chi connectivity index (χ3n) is 6.26. The van der Waals surface area contributed by atoms with Crippen molar-refractivity contribution in [3.63, 3.8) is 0 Å². The average molecular weight is 291 g/mol. The molecule has 3 aliphatic heterocycles. The smallest absolute Gasteiger partial charge is 0.242 e. The van der Waals surface area contributed by atoms with E-state index in [1.807, 2.05) is 0 Å². The van der Waals surface area contributed by atoms with Gasteiger partial charge in [0.15, 0.2) is 0 Å². The van der Waals surface area contributed by atoms with E-state index >= 15 is 0 Å². The summed E-state index contributed by atoms with van der Waals surface area (Å²) >= 11 is 0. The topological polar surface area (TPSA) is 52.7 Å². The van der Waals surface area contributed by atoms with Gasteiger partial charge in [-0.2, -0.15) is 0 Å². The SMILES string of the molecule is C[C@@]12C[C@H]3CN(C(=O)CN4CCCC4=O)[C@@H]1CCC[C@@H]2N3. The highest BCUT2D eigenvalue weighted by Gasteiger charge is 2.56. The lowest BCUT2D eigenvalue weighted by Crippen LogP contribution is -2.59. The summed E-state index contributed by atoms with van der Waals surface area (Å²) in [5.74, 6) is 0.310. The fourth-order valence-electron chi connectivity index (χ4n) is 5.23. The largest absolute Gasteiger partial charge is 0.336 e. The molecule has 3 heterocycles. The third kappa shape index (κ3) is 2.00. The van der Waals surface area contributed by atoms with Crippen molar-refractivity contribution >= 4 is 11.8 Å². The Morgan fingerprint density at radius 3 is 3.00 bits per heavy atom. The van der Waals surface area contributed by atoms with Crippen molar-refractivity contribution < 1.29 is 9.59 Å². The van der Waals surface area contributed by atoms with Crippen LogP contribution in [0.3, 0.4) is 0 Å². The van der Waals surface area contributed by atoms with E-state index in [2.05, 4.69) is 17.1 Å². The number of amides is 2. The number of carbonyl (C=O) groups excluding carboxylic acids is 2. The van der Waals surface area contributed by atoms with Gasteiger partial charge in [-0.25, -0.2) is 0 Å². The molecule has 4 atom stereocenters. The van der Waals surface area contributed by atoms with Gasteiger partial charge in [0.1, 0.15) is 0 Å². The van der Waals surface area contributed by atoms with Crippen molar-refractivity contribution in [2.45, 2.75) is 63.6 Å². The van der Waals surface area contributed by atoms with Crippen LogP contribution in [0, 0.1) is 5.41 Å². The molecule has 3 saturated heterocycles. The lowest BCUT2D eigenvalue weighted by molar-refractivity contribution is -0.144. The zero-order chi connectivity index (χ0) is 14.6. The summed E-state index contributed by atoms with van der Waals surface area (Å²) in [5, 5.41) is 3.74. The first-order valence-corrected chi connectivity index (χ1v) is 8.41. The highest BCUT2D eigenvalue weighted by molar-refractivity contribution is 5.86. The van der Waals surface area contributed by atoms with Gasteiger partial charge in [-0.1, -0.05) is 6.92 Å². The highest BCUT2D eigenvalue weighted by Crippen LogP contribution is 2.49. The maximum atomic E-state index is 12.8. The number of piperidine rings is 1. The van der Waals surface area contributed by atoms with Crippen LogP contribution in [0.4, 0.5) is 0 Å².